The van der Waals surface area contributed by atoms with Gasteiger partial charge in [0.05, 0.1) is 6.54 Å². The number of carbonyl (C=O) groups is 3. The zero-order chi connectivity index (χ0) is 8.69. The van der Waals surface area contributed by atoms with Gasteiger partial charge in [-0.1, -0.05) is 6.08 Å². The highest BCUT2D eigenvalue weighted by Gasteiger charge is 2.06. The molecule has 0 spiro atoms. The van der Waals surface area contributed by atoms with Gasteiger partial charge in [0.15, 0.2) is 0 Å². The maximum atomic E-state index is 10.8. The van der Waals surface area contributed by atoms with Crippen molar-refractivity contribution < 1.29 is 14.4 Å². The van der Waals surface area contributed by atoms with Crippen molar-refractivity contribution in [2.24, 2.45) is 0 Å². The average Bonchev–Trinajstić information content (AvgIpc) is 2.00. The molecule has 4 heteroatoms. The Bertz CT molecular complexity index is 186. The molecule has 0 aliphatic rings. The minimum Gasteiger partial charge on any atom is -0.301 e. The van der Waals surface area contributed by atoms with Gasteiger partial charge in [-0.2, -0.15) is 0 Å². The smallest absolute Gasteiger partial charge is 0.253 e. The van der Waals surface area contributed by atoms with Crippen LogP contribution in [0.1, 0.15) is 6.92 Å². The summed E-state index contributed by atoms with van der Waals surface area (Å²) in [5.74, 6) is -0.477. The molecule has 0 unspecified atom stereocenters. The normalized spacial score (nSPS) is 9.55. The SMILES string of the molecule is C/C=C\C(=O)N(C=O)CC=O. The van der Waals surface area contributed by atoms with Gasteiger partial charge in [-0.25, -0.2) is 0 Å². The minimum atomic E-state index is -0.477. The zero-order valence-electron chi connectivity index (χ0n) is 6.19. The van der Waals surface area contributed by atoms with Gasteiger partial charge in [0.2, 0.25) is 6.41 Å². The molecule has 0 heterocycles. The highest BCUT2D eigenvalue weighted by Crippen LogP contribution is 1.84. The van der Waals surface area contributed by atoms with Crippen molar-refractivity contribution in [2.75, 3.05) is 6.54 Å². The first-order valence-electron chi connectivity index (χ1n) is 3.08. The van der Waals surface area contributed by atoms with E-state index in [-0.39, 0.29) is 6.54 Å². The summed E-state index contributed by atoms with van der Waals surface area (Å²) in [6.07, 6.45) is 3.55. The van der Waals surface area contributed by atoms with Crippen LogP contribution in [0.15, 0.2) is 12.2 Å². The Kier molecular flexibility index (Phi) is 4.64. The van der Waals surface area contributed by atoms with E-state index in [1.165, 1.54) is 12.2 Å². The van der Waals surface area contributed by atoms with E-state index in [2.05, 4.69) is 0 Å². The van der Waals surface area contributed by atoms with Crippen LogP contribution < -0.4 is 0 Å². The fourth-order valence-corrected chi connectivity index (χ4v) is 0.504. The lowest BCUT2D eigenvalue weighted by molar-refractivity contribution is -0.136. The van der Waals surface area contributed by atoms with Crippen LogP contribution in [0.25, 0.3) is 0 Å². The quantitative estimate of drug-likeness (QED) is 0.415. The average molecular weight is 155 g/mol. The molecule has 0 saturated carbocycles. The lowest BCUT2D eigenvalue weighted by Crippen LogP contribution is -2.29. The first kappa shape index (κ1) is 9.55. The number of hydrogen-bond donors (Lipinski definition) is 0. The molecule has 0 saturated heterocycles. The second-order valence-electron chi connectivity index (χ2n) is 1.76. The maximum Gasteiger partial charge on any atom is 0.253 e. The lowest BCUT2D eigenvalue weighted by atomic mass is 10.4. The van der Waals surface area contributed by atoms with E-state index >= 15 is 0 Å². The summed E-state index contributed by atoms with van der Waals surface area (Å²) >= 11 is 0. The number of imide groups is 1. The lowest BCUT2D eigenvalue weighted by Gasteiger charge is -2.07. The van der Waals surface area contributed by atoms with Gasteiger partial charge in [-0.3, -0.25) is 14.5 Å². The summed E-state index contributed by atoms with van der Waals surface area (Å²) in [6.45, 7) is 1.47. The van der Waals surface area contributed by atoms with Crippen LogP contribution in [0.3, 0.4) is 0 Å². The highest BCUT2D eigenvalue weighted by atomic mass is 16.2. The molecule has 0 aliphatic heterocycles. The second kappa shape index (κ2) is 5.34. The molecule has 0 rings (SSSR count). The fraction of sp³-hybridized carbons (Fsp3) is 0.286. The van der Waals surface area contributed by atoms with Crippen molar-refractivity contribution in [1.29, 1.82) is 0 Å². The van der Waals surface area contributed by atoms with Gasteiger partial charge in [0, 0.05) is 0 Å². The number of nitrogens with zero attached hydrogens (tertiary/aromatic N) is 1. The first-order valence-corrected chi connectivity index (χ1v) is 3.08. The number of rotatable bonds is 4. The summed E-state index contributed by atoms with van der Waals surface area (Å²) in [5, 5.41) is 0. The standard InChI is InChI=1S/C7H9NO3/c1-2-3-7(11)8(6-10)4-5-9/h2-3,5-6H,4H2,1H3/b3-2-. The Morgan fingerprint density at radius 1 is 1.45 bits per heavy atom. The van der Waals surface area contributed by atoms with Crippen molar-refractivity contribution in [3.05, 3.63) is 12.2 Å². The molecule has 0 N–H and O–H groups in total. The predicted molar refractivity (Wildman–Crippen MR) is 38.7 cm³/mol. The van der Waals surface area contributed by atoms with Crippen LogP contribution in [-0.4, -0.2) is 30.0 Å². The molecule has 60 valence electrons. The highest BCUT2D eigenvalue weighted by molar-refractivity contribution is 5.95. The van der Waals surface area contributed by atoms with Gasteiger partial charge in [0.25, 0.3) is 5.91 Å². The molecule has 0 fully saturated rings. The molecule has 11 heavy (non-hydrogen) atoms. The van der Waals surface area contributed by atoms with Crippen molar-refractivity contribution in [3.8, 4) is 0 Å². The van der Waals surface area contributed by atoms with Crippen molar-refractivity contribution in [3.63, 3.8) is 0 Å². The molecule has 0 radical (unpaired) electrons. The Morgan fingerprint density at radius 2 is 2.09 bits per heavy atom. The van der Waals surface area contributed by atoms with Crippen LogP contribution in [-0.2, 0) is 14.4 Å². The molecule has 4 nitrogen and oxygen atoms in total. The van der Waals surface area contributed by atoms with E-state index in [0.29, 0.717) is 12.7 Å². The van der Waals surface area contributed by atoms with Gasteiger partial charge in [0.1, 0.15) is 6.29 Å². The Morgan fingerprint density at radius 3 is 2.45 bits per heavy atom. The van der Waals surface area contributed by atoms with Gasteiger partial charge >= 0.3 is 0 Å². The zero-order valence-corrected chi connectivity index (χ0v) is 6.19. The molecule has 0 aliphatic carbocycles. The monoisotopic (exact) mass is 155 g/mol. The molecule has 0 bridgehead atoms. The third kappa shape index (κ3) is 3.30. The van der Waals surface area contributed by atoms with Crippen LogP contribution in [0.5, 0.6) is 0 Å². The van der Waals surface area contributed by atoms with E-state index < -0.39 is 5.91 Å². The Balaban J connectivity index is 4.12. The van der Waals surface area contributed by atoms with Crippen molar-refractivity contribution in [1.82, 2.24) is 4.90 Å². The van der Waals surface area contributed by atoms with Crippen LogP contribution in [0.2, 0.25) is 0 Å². The van der Waals surface area contributed by atoms with Crippen LogP contribution in [0, 0.1) is 0 Å². The minimum absolute atomic E-state index is 0.188. The molecular weight excluding hydrogens is 146 g/mol. The number of aldehydes is 1. The molecule has 0 aromatic rings. The summed E-state index contributed by atoms with van der Waals surface area (Å²) < 4.78 is 0. The molecule has 2 amide bonds. The summed E-state index contributed by atoms with van der Waals surface area (Å²) in [5.41, 5.74) is 0. The molecule has 0 atom stereocenters. The van der Waals surface area contributed by atoms with Crippen LogP contribution in [0.4, 0.5) is 0 Å². The van der Waals surface area contributed by atoms with Gasteiger partial charge in [-0.05, 0) is 13.0 Å². The fourth-order valence-electron chi connectivity index (χ4n) is 0.504. The van der Waals surface area contributed by atoms with E-state index in [1.807, 2.05) is 0 Å². The topological polar surface area (TPSA) is 54.5 Å². The van der Waals surface area contributed by atoms with Crippen molar-refractivity contribution >= 4 is 18.6 Å². The molecule has 0 aromatic carbocycles. The molecular formula is C7H9NO3. The number of hydrogen-bond acceptors (Lipinski definition) is 3. The van der Waals surface area contributed by atoms with E-state index in [9.17, 15) is 14.4 Å². The third-order valence-corrected chi connectivity index (χ3v) is 0.991. The van der Waals surface area contributed by atoms with Gasteiger partial charge < -0.3 is 4.79 Å². The third-order valence-electron chi connectivity index (χ3n) is 0.991. The largest absolute Gasteiger partial charge is 0.301 e. The van der Waals surface area contributed by atoms with E-state index in [4.69, 9.17) is 0 Å². The summed E-state index contributed by atoms with van der Waals surface area (Å²) in [4.78, 5) is 31.6. The van der Waals surface area contributed by atoms with E-state index in [1.54, 1.807) is 6.92 Å². The number of carbonyl (C=O) groups excluding carboxylic acids is 3. The summed E-state index contributed by atoms with van der Waals surface area (Å²) in [7, 11) is 0. The summed E-state index contributed by atoms with van der Waals surface area (Å²) in [6, 6.07) is 0. The van der Waals surface area contributed by atoms with Crippen molar-refractivity contribution in [2.45, 2.75) is 6.92 Å². The Hall–Kier alpha value is -1.45. The van der Waals surface area contributed by atoms with Gasteiger partial charge in [-0.15, -0.1) is 0 Å². The maximum absolute atomic E-state index is 10.8. The van der Waals surface area contributed by atoms with Crippen LogP contribution >= 0.6 is 0 Å². The second-order valence-corrected chi connectivity index (χ2v) is 1.76. The van der Waals surface area contributed by atoms with E-state index in [0.717, 1.165) is 4.90 Å². The Labute approximate surface area is 64.5 Å². The number of amides is 2. The predicted octanol–water partition coefficient (Wildman–Crippen LogP) is -0.254. The molecule has 0 aromatic heterocycles. The first-order chi connectivity index (χ1) is 5.26. The number of allylic oxidation sites excluding steroid dienone is 1.